The van der Waals surface area contributed by atoms with E-state index in [9.17, 15) is 4.79 Å². The summed E-state index contributed by atoms with van der Waals surface area (Å²) in [5.41, 5.74) is 3.59. The van der Waals surface area contributed by atoms with E-state index < -0.39 is 0 Å². The highest BCUT2D eigenvalue weighted by molar-refractivity contribution is 6.06. The number of anilines is 1. The zero-order valence-electron chi connectivity index (χ0n) is 13.4. The van der Waals surface area contributed by atoms with Gasteiger partial charge >= 0.3 is 0 Å². The lowest BCUT2D eigenvalue weighted by molar-refractivity contribution is 0.102. The maximum absolute atomic E-state index is 12.5. The number of nitrogens with zero attached hydrogens (tertiary/aromatic N) is 4. The molecule has 3 aromatic rings. The number of hydrogen-bond acceptors (Lipinski definition) is 5. The van der Waals surface area contributed by atoms with E-state index >= 15 is 0 Å². The first kappa shape index (κ1) is 15.0. The first-order valence-electron chi connectivity index (χ1n) is 7.17. The summed E-state index contributed by atoms with van der Waals surface area (Å²) in [6.45, 7) is 5.40. The Morgan fingerprint density at radius 2 is 2.04 bits per heavy atom. The van der Waals surface area contributed by atoms with Crippen LogP contribution in [-0.4, -0.2) is 25.8 Å². The highest BCUT2D eigenvalue weighted by Crippen LogP contribution is 2.27. The molecule has 2 aromatic heterocycles. The van der Waals surface area contributed by atoms with E-state index in [0.717, 1.165) is 22.6 Å². The van der Waals surface area contributed by atoms with E-state index in [-0.39, 0.29) is 5.91 Å². The lowest BCUT2D eigenvalue weighted by Gasteiger charge is -2.12. The Morgan fingerprint density at radius 3 is 2.65 bits per heavy atom. The molecule has 7 heteroatoms. The first-order chi connectivity index (χ1) is 11.0. The van der Waals surface area contributed by atoms with E-state index in [2.05, 4.69) is 20.7 Å². The zero-order valence-corrected chi connectivity index (χ0v) is 13.4. The molecule has 0 atom stereocenters. The number of carbonyl (C=O) groups excluding carboxylic acids is 1. The summed E-state index contributed by atoms with van der Waals surface area (Å²) in [5, 5.41) is 14.8. The van der Waals surface area contributed by atoms with Crippen molar-refractivity contribution in [3.63, 3.8) is 0 Å². The minimum atomic E-state index is -0.237. The summed E-state index contributed by atoms with van der Waals surface area (Å²) in [7, 11) is 1.88. The molecule has 0 aliphatic heterocycles. The van der Waals surface area contributed by atoms with E-state index in [1.54, 1.807) is 20.2 Å². The van der Waals surface area contributed by atoms with Crippen LogP contribution in [0, 0.1) is 20.8 Å². The molecule has 0 aliphatic carbocycles. The van der Waals surface area contributed by atoms with Crippen molar-refractivity contribution >= 4 is 11.6 Å². The summed E-state index contributed by atoms with van der Waals surface area (Å²) in [6.07, 6.45) is 1.64. The molecule has 0 bridgehead atoms. The van der Waals surface area contributed by atoms with Crippen LogP contribution >= 0.6 is 0 Å². The summed E-state index contributed by atoms with van der Waals surface area (Å²) in [4.78, 5) is 12.5. The summed E-state index contributed by atoms with van der Waals surface area (Å²) < 4.78 is 6.89. The molecule has 3 rings (SSSR count). The monoisotopic (exact) mass is 311 g/mol. The lowest BCUT2D eigenvalue weighted by atomic mass is 10.1. The van der Waals surface area contributed by atoms with Gasteiger partial charge in [0, 0.05) is 18.3 Å². The third-order valence-electron chi connectivity index (χ3n) is 3.79. The average molecular weight is 311 g/mol. The van der Waals surface area contributed by atoms with Crippen molar-refractivity contribution in [2.75, 3.05) is 5.32 Å². The van der Waals surface area contributed by atoms with Gasteiger partial charge in [-0.15, -0.1) is 10.2 Å². The Hall–Kier alpha value is -2.96. The molecule has 0 radical (unpaired) electrons. The number of benzene rings is 1. The second-order valence-corrected chi connectivity index (χ2v) is 5.40. The number of aromatic nitrogens is 4. The SMILES string of the molecule is Cc1noc(C)c1C(=O)Nc1cccc(-c2nncn2C)c1C. The second-order valence-electron chi connectivity index (χ2n) is 5.40. The number of carbonyl (C=O) groups is 1. The van der Waals surface area contributed by atoms with Gasteiger partial charge in [0.15, 0.2) is 5.82 Å². The number of rotatable bonds is 3. The molecule has 0 saturated carbocycles. The number of nitrogens with one attached hydrogen (secondary N) is 1. The fourth-order valence-corrected chi connectivity index (χ4v) is 2.53. The van der Waals surface area contributed by atoms with Crippen LogP contribution in [0.15, 0.2) is 29.0 Å². The third-order valence-corrected chi connectivity index (χ3v) is 3.79. The molecule has 0 unspecified atom stereocenters. The molecule has 0 fully saturated rings. The molecule has 0 saturated heterocycles. The van der Waals surface area contributed by atoms with E-state index in [0.29, 0.717) is 17.0 Å². The Bertz CT molecular complexity index is 859. The molecule has 118 valence electrons. The van der Waals surface area contributed by atoms with Gasteiger partial charge < -0.3 is 14.4 Å². The van der Waals surface area contributed by atoms with Crippen LogP contribution < -0.4 is 5.32 Å². The lowest BCUT2D eigenvalue weighted by Crippen LogP contribution is -2.14. The third kappa shape index (κ3) is 2.61. The summed E-state index contributed by atoms with van der Waals surface area (Å²) in [5.74, 6) is 1.01. The van der Waals surface area contributed by atoms with Gasteiger partial charge in [0.25, 0.3) is 5.91 Å². The minimum Gasteiger partial charge on any atom is -0.361 e. The standard InChI is InChI=1S/C16H17N5O2/c1-9-12(15-19-17-8-21(15)4)6-5-7-13(9)18-16(22)14-10(2)20-23-11(14)3/h5-8H,1-4H3,(H,18,22). The normalized spacial score (nSPS) is 10.8. The second kappa shape index (κ2) is 5.68. The van der Waals surface area contributed by atoms with Gasteiger partial charge in [0.2, 0.25) is 0 Å². The smallest absolute Gasteiger partial charge is 0.261 e. The molecule has 1 aromatic carbocycles. The highest BCUT2D eigenvalue weighted by atomic mass is 16.5. The molecule has 0 aliphatic rings. The molecule has 0 spiro atoms. The Morgan fingerprint density at radius 1 is 1.26 bits per heavy atom. The van der Waals surface area contributed by atoms with Crippen LogP contribution in [0.25, 0.3) is 11.4 Å². The summed E-state index contributed by atoms with van der Waals surface area (Å²) >= 11 is 0. The number of aryl methyl sites for hydroxylation is 3. The van der Waals surface area contributed by atoms with Crippen LogP contribution in [0.1, 0.15) is 27.4 Å². The fraction of sp³-hybridized carbons (Fsp3) is 0.250. The average Bonchev–Trinajstić information content (AvgIpc) is 3.07. The largest absolute Gasteiger partial charge is 0.361 e. The van der Waals surface area contributed by atoms with Gasteiger partial charge in [-0.2, -0.15) is 0 Å². The molecular formula is C16H17N5O2. The van der Waals surface area contributed by atoms with Crippen molar-refractivity contribution in [1.82, 2.24) is 19.9 Å². The number of hydrogen-bond donors (Lipinski definition) is 1. The molecule has 7 nitrogen and oxygen atoms in total. The van der Waals surface area contributed by atoms with Gasteiger partial charge in [0.05, 0.1) is 5.69 Å². The van der Waals surface area contributed by atoms with E-state index in [1.165, 1.54) is 0 Å². The molecule has 23 heavy (non-hydrogen) atoms. The number of amides is 1. The quantitative estimate of drug-likeness (QED) is 0.803. The highest BCUT2D eigenvalue weighted by Gasteiger charge is 2.19. The van der Waals surface area contributed by atoms with Crippen molar-refractivity contribution in [2.24, 2.45) is 7.05 Å². The predicted octanol–water partition coefficient (Wildman–Crippen LogP) is 2.65. The van der Waals surface area contributed by atoms with E-state index in [4.69, 9.17) is 4.52 Å². The van der Waals surface area contributed by atoms with Crippen LogP contribution in [0.2, 0.25) is 0 Å². The van der Waals surface area contributed by atoms with Crippen LogP contribution in [0.4, 0.5) is 5.69 Å². The van der Waals surface area contributed by atoms with Crippen molar-refractivity contribution in [3.8, 4) is 11.4 Å². The zero-order chi connectivity index (χ0) is 16.6. The first-order valence-corrected chi connectivity index (χ1v) is 7.17. The van der Waals surface area contributed by atoms with Gasteiger partial charge in [-0.05, 0) is 32.4 Å². The Kier molecular flexibility index (Phi) is 3.69. The Labute approximate surface area is 133 Å². The van der Waals surface area contributed by atoms with Crippen molar-refractivity contribution in [3.05, 3.63) is 47.1 Å². The van der Waals surface area contributed by atoms with E-state index in [1.807, 2.05) is 36.7 Å². The van der Waals surface area contributed by atoms with Crippen LogP contribution in [-0.2, 0) is 7.05 Å². The fourth-order valence-electron chi connectivity index (χ4n) is 2.53. The van der Waals surface area contributed by atoms with Crippen molar-refractivity contribution < 1.29 is 9.32 Å². The molecule has 1 N–H and O–H groups in total. The minimum absolute atomic E-state index is 0.237. The maximum atomic E-state index is 12.5. The van der Waals surface area contributed by atoms with Crippen molar-refractivity contribution in [1.29, 1.82) is 0 Å². The molecule has 2 heterocycles. The maximum Gasteiger partial charge on any atom is 0.261 e. The molecule has 1 amide bonds. The summed E-state index contributed by atoms with van der Waals surface area (Å²) in [6, 6.07) is 5.68. The topological polar surface area (TPSA) is 85.8 Å². The van der Waals surface area contributed by atoms with Gasteiger partial charge in [-0.25, -0.2) is 0 Å². The predicted molar refractivity (Wildman–Crippen MR) is 85.1 cm³/mol. The molecular weight excluding hydrogens is 294 g/mol. The van der Waals surface area contributed by atoms with Crippen molar-refractivity contribution in [2.45, 2.75) is 20.8 Å². The van der Waals surface area contributed by atoms with Gasteiger partial charge in [-0.1, -0.05) is 17.3 Å². The Balaban J connectivity index is 1.96. The van der Waals surface area contributed by atoms with Gasteiger partial charge in [-0.3, -0.25) is 4.79 Å². The van der Waals surface area contributed by atoms with Crippen LogP contribution in [0.3, 0.4) is 0 Å². The van der Waals surface area contributed by atoms with Gasteiger partial charge in [0.1, 0.15) is 17.7 Å². The van der Waals surface area contributed by atoms with Crippen LogP contribution in [0.5, 0.6) is 0 Å².